The first-order chi connectivity index (χ1) is 14.7. The predicted molar refractivity (Wildman–Crippen MR) is 128 cm³/mol. The smallest absolute Gasteiger partial charge is 0.191 e. The minimum absolute atomic E-state index is 0.519. The molecule has 1 aromatic carbocycles. The van der Waals surface area contributed by atoms with E-state index in [9.17, 15) is 0 Å². The lowest BCUT2D eigenvalue weighted by Crippen LogP contribution is -2.49. The van der Waals surface area contributed by atoms with Crippen molar-refractivity contribution < 1.29 is 0 Å². The third-order valence-corrected chi connectivity index (χ3v) is 6.56. The quantitative estimate of drug-likeness (QED) is 0.524. The third-order valence-electron chi connectivity index (χ3n) is 6.56. The fraction of sp³-hybridized carbons (Fsp3) is 0.720. The molecule has 2 fully saturated rings. The fourth-order valence-electron chi connectivity index (χ4n) is 4.64. The minimum atomic E-state index is 0.519. The highest BCUT2D eigenvalue weighted by Crippen LogP contribution is 2.17. The van der Waals surface area contributed by atoms with Gasteiger partial charge in [-0.25, -0.2) is 4.99 Å². The van der Waals surface area contributed by atoms with Gasteiger partial charge in [0, 0.05) is 38.3 Å². The summed E-state index contributed by atoms with van der Waals surface area (Å²) >= 11 is 0. The minimum Gasteiger partial charge on any atom is -0.357 e. The van der Waals surface area contributed by atoms with Crippen LogP contribution in [0.1, 0.15) is 70.4 Å². The van der Waals surface area contributed by atoms with Crippen LogP contribution in [-0.2, 0) is 13.1 Å². The van der Waals surface area contributed by atoms with Gasteiger partial charge in [-0.2, -0.15) is 0 Å². The highest BCUT2D eigenvalue weighted by atomic mass is 15.2. The van der Waals surface area contributed by atoms with Gasteiger partial charge in [-0.1, -0.05) is 37.1 Å². The molecule has 2 heterocycles. The number of hydrogen-bond donors (Lipinski definition) is 2. The molecular weight excluding hydrogens is 370 g/mol. The van der Waals surface area contributed by atoms with Gasteiger partial charge >= 0.3 is 0 Å². The first kappa shape index (κ1) is 23.1. The molecule has 0 unspecified atom stereocenters. The van der Waals surface area contributed by atoms with Crippen molar-refractivity contribution in [1.29, 1.82) is 0 Å². The molecule has 30 heavy (non-hydrogen) atoms. The Morgan fingerprint density at radius 3 is 2.30 bits per heavy atom. The highest BCUT2D eigenvalue weighted by Gasteiger charge is 2.21. The summed E-state index contributed by atoms with van der Waals surface area (Å²) in [7, 11) is 0. The van der Waals surface area contributed by atoms with Crippen LogP contribution in [0.25, 0.3) is 0 Å². The summed E-state index contributed by atoms with van der Waals surface area (Å²) < 4.78 is 0. The van der Waals surface area contributed by atoms with Gasteiger partial charge in [0.1, 0.15) is 0 Å². The molecule has 2 aliphatic heterocycles. The van der Waals surface area contributed by atoms with Crippen molar-refractivity contribution in [2.75, 3.05) is 32.7 Å². The Kier molecular flexibility index (Phi) is 9.47. The molecule has 2 saturated heterocycles. The van der Waals surface area contributed by atoms with E-state index in [0.717, 1.165) is 25.6 Å². The molecule has 1 aromatic rings. The average Bonchev–Trinajstić information content (AvgIpc) is 3.02. The Hall–Kier alpha value is -1.59. The largest absolute Gasteiger partial charge is 0.357 e. The van der Waals surface area contributed by atoms with Crippen LogP contribution in [0.5, 0.6) is 0 Å². The van der Waals surface area contributed by atoms with Crippen molar-refractivity contribution in [2.45, 2.75) is 84.5 Å². The lowest BCUT2D eigenvalue weighted by Gasteiger charge is -2.35. The average molecular weight is 414 g/mol. The fourth-order valence-corrected chi connectivity index (χ4v) is 4.64. The van der Waals surface area contributed by atoms with Crippen molar-refractivity contribution >= 4 is 5.96 Å². The molecule has 0 spiro atoms. The van der Waals surface area contributed by atoms with E-state index in [-0.39, 0.29) is 0 Å². The summed E-state index contributed by atoms with van der Waals surface area (Å²) in [5, 5.41) is 7.16. The highest BCUT2D eigenvalue weighted by molar-refractivity contribution is 5.80. The zero-order valence-electron chi connectivity index (χ0n) is 19.5. The van der Waals surface area contributed by atoms with Crippen LogP contribution in [0.4, 0.5) is 0 Å². The topological polar surface area (TPSA) is 42.9 Å². The van der Waals surface area contributed by atoms with Gasteiger partial charge in [0.15, 0.2) is 5.96 Å². The van der Waals surface area contributed by atoms with E-state index in [1.54, 1.807) is 0 Å². The van der Waals surface area contributed by atoms with Crippen molar-refractivity contribution in [2.24, 2.45) is 4.99 Å². The maximum absolute atomic E-state index is 4.97. The van der Waals surface area contributed by atoms with E-state index >= 15 is 0 Å². The van der Waals surface area contributed by atoms with Crippen LogP contribution in [0.2, 0.25) is 0 Å². The maximum atomic E-state index is 4.97. The predicted octanol–water partition coefficient (Wildman–Crippen LogP) is 3.99. The summed E-state index contributed by atoms with van der Waals surface area (Å²) in [5.74, 6) is 0.963. The molecule has 0 amide bonds. The van der Waals surface area contributed by atoms with Crippen molar-refractivity contribution in [3.8, 4) is 0 Å². The summed E-state index contributed by atoms with van der Waals surface area (Å²) in [5.41, 5.74) is 2.79. The standard InChI is InChI=1S/C25H43N5/c1-4-26-25(28-24-13-17-30(18-14-24)21(2)3)27-19-22-11-7-8-12-23(22)20-29-15-9-5-6-10-16-29/h7-8,11-12,21,24H,4-6,9-10,13-20H2,1-3H3,(H2,26,27,28). The molecule has 0 aromatic heterocycles. The van der Waals surface area contributed by atoms with Crippen LogP contribution in [0.3, 0.4) is 0 Å². The van der Waals surface area contributed by atoms with Gasteiger partial charge < -0.3 is 15.5 Å². The van der Waals surface area contributed by atoms with Gasteiger partial charge in [-0.15, -0.1) is 0 Å². The SMILES string of the molecule is CCNC(=NCc1ccccc1CN1CCCCCC1)NC1CCN(C(C)C)CC1. The number of guanidine groups is 1. The third kappa shape index (κ3) is 7.28. The first-order valence-electron chi connectivity index (χ1n) is 12.2. The number of likely N-dealkylation sites (tertiary alicyclic amines) is 2. The molecule has 168 valence electrons. The molecule has 2 aliphatic rings. The lowest BCUT2D eigenvalue weighted by molar-refractivity contribution is 0.167. The lowest BCUT2D eigenvalue weighted by atomic mass is 10.0. The summed E-state index contributed by atoms with van der Waals surface area (Å²) in [6, 6.07) is 10.0. The molecule has 0 saturated carbocycles. The van der Waals surface area contributed by atoms with E-state index in [2.05, 4.69) is 65.5 Å². The molecule has 0 radical (unpaired) electrons. The van der Waals surface area contributed by atoms with E-state index in [4.69, 9.17) is 4.99 Å². The molecule has 2 N–H and O–H groups in total. The maximum Gasteiger partial charge on any atom is 0.191 e. The number of nitrogens with one attached hydrogen (secondary N) is 2. The van der Waals surface area contributed by atoms with Gasteiger partial charge in [-0.3, -0.25) is 4.90 Å². The zero-order chi connectivity index (χ0) is 21.2. The van der Waals surface area contributed by atoms with Crippen LogP contribution in [-0.4, -0.2) is 60.6 Å². The van der Waals surface area contributed by atoms with Crippen molar-refractivity contribution in [1.82, 2.24) is 20.4 Å². The second-order valence-electron chi connectivity index (χ2n) is 9.20. The second-order valence-corrected chi connectivity index (χ2v) is 9.20. The molecule has 0 aliphatic carbocycles. The summed E-state index contributed by atoms with van der Waals surface area (Å²) in [6.07, 6.45) is 7.82. The van der Waals surface area contributed by atoms with Gasteiger partial charge in [-0.05, 0) is 70.7 Å². The summed E-state index contributed by atoms with van der Waals surface area (Å²) in [6.45, 7) is 14.2. The van der Waals surface area contributed by atoms with Crippen LogP contribution >= 0.6 is 0 Å². The first-order valence-corrected chi connectivity index (χ1v) is 12.2. The van der Waals surface area contributed by atoms with Gasteiger partial charge in [0.05, 0.1) is 6.54 Å². The van der Waals surface area contributed by atoms with E-state index in [0.29, 0.717) is 12.1 Å². The van der Waals surface area contributed by atoms with E-state index < -0.39 is 0 Å². The zero-order valence-corrected chi connectivity index (χ0v) is 19.5. The molecule has 0 atom stereocenters. The Morgan fingerprint density at radius 1 is 1.00 bits per heavy atom. The number of piperidine rings is 1. The Labute approximate surface area is 184 Å². The number of nitrogens with zero attached hydrogens (tertiary/aromatic N) is 3. The van der Waals surface area contributed by atoms with Crippen LogP contribution in [0, 0.1) is 0 Å². The number of benzene rings is 1. The number of hydrogen-bond acceptors (Lipinski definition) is 3. The number of rotatable bonds is 7. The molecule has 0 bridgehead atoms. The number of aliphatic imine (C=N–C) groups is 1. The summed E-state index contributed by atoms with van der Waals surface area (Å²) in [4.78, 5) is 10.2. The van der Waals surface area contributed by atoms with Crippen LogP contribution in [0.15, 0.2) is 29.3 Å². The molecular formula is C25H43N5. The van der Waals surface area contributed by atoms with Gasteiger partial charge in [0.25, 0.3) is 0 Å². The van der Waals surface area contributed by atoms with E-state index in [1.807, 2.05) is 0 Å². The van der Waals surface area contributed by atoms with E-state index in [1.165, 1.54) is 75.8 Å². The molecule has 3 rings (SSSR count). The Morgan fingerprint density at radius 2 is 1.67 bits per heavy atom. The van der Waals surface area contributed by atoms with Crippen molar-refractivity contribution in [3.63, 3.8) is 0 Å². The molecule has 5 nitrogen and oxygen atoms in total. The van der Waals surface area contributed by atoms with Crippen LogP contribution < -0.4 is 10.6 Å². The second kappa shape index (κ2) is 12.3. The normalized spacial score (nSPS) is 20.3. The molecule has 5 heteroatoms. The Balaban J connectivity index is 1.59. The monoisotopic (exact) mass is 413 g/mol. The van der Waals surface area contributed by atoms with Crippen molar-refractivity contribution in [3.05, 3.63) is 35.4 Å². The Bertz CT molecular complexity index is 641. The van der Waals surface area contributed by atoms with Gasteiger partial charge in [0.2, 0.25) is 0 Å².